The van der Waals surface area contributed by atoms with Gasteiger partial charge in [-0.25, -0.2) is 0 Å². The SMILES string of the molecule is CO[C@H]1O[C@H](CNC(=S)N[C@@H]2O[C@H](CN=[N+]=[N-])[C@@H](O)[C@H](O)[C@H]2O)[C@@H](O)[C@H](O)[C@H]1O. The van der Waals surface area contributed by atoms with Crippen molar-refractivity contribution in [2.75, 3.05) is 20.2 Å². The van der Waals surface area contributed by atoms with Gasteiger partial charge in [-0.2, -0.15) is 0 Å². The Hall–Kier alpha value is -1.36. The summed E-state index contributed by atoms with van der Waals surface area (Å²) in [6, 6.07) is 0. The third-order valence-corrected chi connectivity index (χ3v) is 4.94. The van der Waals surface area contributed by atoms with Crippen LogP contribution in [-0.4, -0.2) is 117 Å². The van der Waals surface area contributed by atoms with E-state index in [9.17, 15) is 30.6 Å². The molecule has 0 amide bonds. The molecule has 8 N–H and O–H groups in total. The second kappa shape index (κ2) is 10.6. The van der Waals surface area contributed by atoms with E-state index in [0.29, 0.717) is 0 Å². The zero-order valence-corrected chi connectivity index (χ0v) is 16.2. The molecular weight excluding hydrogens is 414 g/mol. The van der Waals surface area contributed by atoms with Gasteiger partial charge in [-0.3, -0.25) is 0 Å². The molecule has 15 heteroatoms. The zero-order valence-electron chi connectivity index (χ0n) is 15.3. The second-order valence-electron chi connectivity index (χ2n) is 6.59. The predicted octanol–water partition coefficient (Wildman–Crippen LogP) is -3.98. The van der Waals surface area contributed by atoms with Crippen LogP contribution in [0, 0.1) is 0 Å². The minimum Gasteiger partial charge on any atom is -0.388 e. The van der Waals surface area contributed by atoms with Gasteiger partial charge in [0.25, 0.3) is 0 Å². The van der Waals surface area contributed by atoms with Gasteiger partial charge in [-0.15, -0.1) is 0 Å². The molecule has 166 valence electrons. The number of aliphatic hydroxyl groups excluding tert-OH is 6. The van der Waals surface area contributed by atoms with Crippen molar-refractivity contribution in [1.82, 2.24) is 10.6 Å². The molecule has 0 unspecified atom stereocenters. The van der Waals surface area contributed by atoms with E-state index in [1.165, 1.54) is 7.11 Å². The van der Waals surface area contributed by atoms with E-state index >= 15 is 0 Å². The highest BCUT2D eigenvalue weighted by atomic mass is 32.1. The van der Waals surface area contributed by atoms with E-state index in [1.54, 1.807) is 0 Å². The third kappa shape index (κ3) is 5.62. The lowest BCUT2D eigenvalue weighted by atomic mass is 9.98. The van der Waals surface area contributed by atoms with Gasteiger partial charge in [0, 0.05) is 18.6 Å². The average molecular weight is 439 g/mol. The molecule has 0 aromatic rings. The van der Waals surface area contributed by atoms with Gasteiger partial charge in [0.15, 0.2) is 17.6 Å². The monoisotopic (exact) mass is 439 g/mol. The van der Waals surface area contributed by atoms with Crippen LogP contribution in [-0.2, 0) is 14.2 Å². The van der Waals surface area contributed by atoms with Gasteiger partial charge in [-0.05, 0) is 17.7 Å². The summed E-state index contributed by atoms with van der Waals surface area (Å²) >= 11 is 5.08. The fourth-order valence-electron chi connectivity index (χ4n) is 2.99. The Balaban J connectivity index is 1.91. The van der Waals surface area contributed by atoms with Gasteiger partial charge in [-0.1, -0.05) is 5.11 Å². The van der Waals surface area contributed by atoms with Crippen LogP contribution in [0.5, 0.6) is 0 Å². The number of ether oxygens (including phenoxy) is 3. The first-order valence-electron chi connectivity index (χ1n) is 8.68. The molecular formula is C14H25N5O9S. The van der Waals surface area contributed by atoms with Crippen LogP contribution in [0.25, 0.3) is 10.4 Å². The molecule has 0 aromatic carbocycles. The number of hydrogen-bond donors (Lipinski definition) is 8. The van der Waals surface area contributed by atoms with Crippen molar-refractivity contribution in [1.29, 1.82) is 0 Å². The van der Waals surface area contributed by atoms with E-state index in [-0.39, 0.29) is 18.2 Å². The van der Waals surface area contributed by atoms with Crippen molar-refractivity contribution >= 4 is 17.3 Å². The Morgan fingerprint density at radius 2 is 1.62 bits per heavy atom. The van der Waals surface area contributed by atoms with E-state index in [1.807, 2.05) is 0 Å². The Bertz CT molecular complexity index is 610. The summed E-state index contributed by atoms with van der Waals surface area (Å²) in [7, 11) is 1.27. The fraction of sp³-hybridized carbons (Fsp3) is 0.929. The summed E-state index contributed by atoms with van der Waals surface area (Å²) in [4.78, 5) is 2.55. The van der Waals surface area contributed by atoms with Crippen LogP contribution in [0.2, 0.25) is 0 Å². The number of nitrogens with zero attached hydrogens (tertiary/aromatic N) is 3. The quantitative estimate of drug-likeness (QED) is 0.0859. The van der Waals surface area contributed by atoms with Gasteiger partial charge in [0.2, 0.25) is 0 Å². The molecule has 0 aromatic heterocycles. The number of methoxy groups -OCH3 is 1. The van der Waals surface area contributed by atoms with E-state index < -0.39 is 61.3 Å². The van der Waals surface area contributed by atoms with E-state index in [2.05, 4.69) is 20.7 Å². The van der Waals surface area contributed by atoms with Gasteiger partial charge < -0.3 is 55.5 Å². The number of aliphatic hydroxyl groups is 6. The molecule has 10 atom stereocenters. The van der Waals surface area contributed by atoms with Crippen LogP contribution in [0.15, 0.2) is 5.11 Å². The zero-order chi connectivity index (χ0) is 21.7. The van der Waals surface area contributed by atoms with Crippen molar-refractivity contribution < 1.29 is 44.8 Å². The molecule has 29 heavy (non-hydrogen) atoms. The lowest BCUT2D eigenvalue weighted by Crippen LogP contribution is -2.64. The maximum atomic E-state index is 10.1. The highest BCUT2D eigenvalue weighted by Gasteiger charge is 2.45. The first kappa shape index (κ1) is 23.9. The summed E-state index contributed by atoms with van der Waals surface area (Å²) in [6.45, 7) is -0.382. The van der Waals surface area contributed by atoms with E-state index in [0.717, 1.165) is 0 Å². The topological polar surface area (TPSA) is 222 Å². The number of hydrogen-bond acceptors (Lipinski definition) is 11. The number of thiocarbonyl (C=S) groups is 1. The molecule has 2 rings (SSSR count). The standard InChI is InChI=1S/C14H25N5O9S/c1-26-13-11(25)9(23)6(20)4(28-13)2-16-14(29)18-12-10(24)8(22)7(21)5(27-12)3-17-19-15/h4-13,20-25H,2-3H2,1H3,(H2,16,18,29)/t4-,5-,6-,7-,8+,9+,10-,11-,12-,13+/m1/s1. The summed E-state index contributed by atoms with van der Waals surface area (Å²) in [5.41, 5.74) is 8.39. The Labute approximate surface area is 170 Å². The minimum atomic E-state index is -1.58. The smallest absolute Gasteiger partial charge is 0.186 e. The summed E-state index contributed by atoms with van der Waals surface area (Å²) in [5, 5.41) is 68.0. The normalized spacial score (nSPS) is 42.6. The maximum Gasteiger partial charge on any atom is 0.186 e. The molecule has 0 saturated carbocycles. The first-order valence-corrected chi connectivity index (χ1v) is 9.09. The molecule has 0 spiro atoms. The number of rotatable bonds is 6. The average Bonchev–Trinajstić information content (AvgIpc) is 2.71. The lowest BCUT2D eigenvalue weighted by molar-refractivity contribution is -0.288. The molecule has 2 aliphatic rings. The summed E-state index contributed by atoms with van der Waals surface area (Å²) < 4.78 is 15.6. The maximum absolute atomic E-state index is 10.1. The summed E-state index contributed by atoms with van der Waals surface area (Å²) in [5.74, 6) is 0. The van der Waals surface area contributed by atoms with E-state index in [4.69, 9.17) is 32.0 Å². The highest BCUT2D eigenvalue weighted by molar-refractivity contribution is 7.80. The largest absolute Gasteiger partial charge is 0.388 e. The third-order valence-electron chi connectivity index (χ3n) is 4.68. The van der Waals surface area contributed by atoms with Crippen molar-refractivity contribution in [2.45, 2.75) is 61.3 Å². The van der Waals surface area contributed by atoms with Gasteiger partial charge >= 0.3 is 0 Å². The van der Waals surface area contributed by atoms with Crippen LogP contribution < -0.4 is 10.6 Å². The Morgan fingerprint density at radius 1 is 1.00 bits per heavy atom. The Morgan fingerprint density at radius 3 is 2.24 bits per heavy atom. The number of nitrogens with one attached hydrogen (secondary N) is 2. The van der Waals surface area contributed by atoms with Crippen molar-refractivity contribution in [3.05, 3.63) is 10.4 Å². The van der Waals surface area contributed by atoms with Crippen molar-refractivity contribution in [3.8, 4) is 0 Å². The highest BCUT2D eigenvalue weighted by Crippen LogP contribution is 2.22. The first-order chi connectivity index (χ1) is 13.7. The molecule has 2 saturated heterocycles. The molecule has 2 fully saturated rings. The van der Waals surface area contributed by atoms with Gasteiger partial charge in [0.05, 0.1) is 12.6 Å². The lowest BCUT2D eigenvalue weighted by Gasteiger charge is -2.41. The molecule has 0 bridgehead atoms. The molecule has 2 heterocycles. The van der Waals surface area contributed by atoms with Crippen LogP contribution in [0.3, 0.4) is 0 Å². The number of azide groups is 1. The molecule has 0 aliphatic carbocycles. The molecule has 0 radical (unpaired) electrons. The molecule has 2 aliphatic heterocycles. The van der Waals surface area contributed by atoms with Crippen molar-refractivity contribution in [3.63, 3.8) is 0 Å². The Kier molecular flexibility index (Phi) is 8.74. The second-order valence-corrected chi connectivity index (χ2v) is 6.99. The molecule has 14 nitrogen and oxygen atoms in total. The van der Waals surface area contributed by atoms with Crippen LogP contribution in [0.4, 0.5) is 0 Å². The van der Waals surface area contributed by atoms with Gasteiger partial charge in [0.1, 0.15) is 42.7 Å². The van der Waals surface area contributed by atoms with Crippen LogP contribution in [0.1, 0.15) is 0 Å². The van der Waals surface area contributed by atoms with Crippen LogP contribution >= 0.6 is 12.2 Å². The van der Waals surface area contributed by atoms with Crippen molar-refractivity contribution in [2.24, 2.45) is 5.11 Å². The fourth-order valence-corrected chi connectivity index (χ4v) is 3.19. The minimum absolute atomic E-state index is 0.0643. The summed E-state index contributed by atoms with van der Waals surface area (Å²) in [6.07, 6.45) is -13.4. The predicted molar refractivity (Wildman–Crippen MR) is 98.1 cm³/mol.